The molecule has 0 N–H and O–H groups in total. The van der Waals surface area contributed by atoms with E-state index in [1.165, 1.54) is 16.2 Å². The molecule has 0 bridgehead atoms. The second-order valence-corrected chi connectivity index (χ2v) is 8.11. The lowest BCUT2D eigenvalue weighted by molar-refractivity contribution is -0.135. The van der Waals surface area contributed by atoms with Crippen molar-refractivity contribution in [3.63, 3.8) is 0 Å². The maximum atomic E-state index is 12.6. The number of thiophene rings is 1. The minimum atomic E-state index is -0.200. The first-order valence-corrected chi connectivity index (χ1v) is 9.57. The Morgan fingerprint density at radius 1 is 1.40 bits per heavy atom. The first-order valence-electron chi connectivity index (χ1n) is 8.69. The molecule has 138 valence electrons. The van der Waals surface area contributed by atoms with Gasteiger partial charge in [-0.05, 0) is 36.8 Å². The lowest BCUT2D eigenvalue weighted by atomic mass is 9.88. The molecule has 0 aliphatic carbocycles. The Morgan fingerprint density at radius 3 is 2.72 bits per heavy atom. The summed E-state index contributed by atoms with van der Waals surface area (Å²) < 4.78 is 11.7. The molecule has 2 aliphatic heterocycles. The largest absolute Gasteiger partial charge is 0.372 e. The van der Waals surface area contributed by atoms with Crippen LogP contribution in [0.25, 0.3) is 0 Å². The molecule has 1 aromatic rings. The normalized spacial score (nSPS) is 22.4. The van der Waals surface area contributed by atoms with Crippen LogP contribution in [0.1, 0.15) is 34.5 Å². The van der Waals surface area contributed by atoms with E-state index in [0.29, 0.717) is 19.7 Å². The maximum absolute atomic E-state index is 12.6. The molecule has 7 heteroatoms. The summed E-state index contributed by atoms with van der Waals surface area (Å²) in [6.07, 6.45) is 2.41. The SMILES string of the molecule is Cc1csc(C(=O)N2CCC3(CC2)CC(OCC(=O)N(C)C)CO3)c1. The van der Waals surface area contributed by atoms with Gasteiger partial charge in [0.05, 0.1) is 23.2 Å². The summed E-state index contributed by atoms with van der Waals surface area (Å²) in [4.78, 5) is 28.4. The topological polar surface area (TPSA) is 59.1 Å². The van der Waals surface area contributed by atoms with E-state index in [1.54, 1.807) is 14.1 Å². The van der Waals surface area contributed by atoms with Gasteiger partial charge in [0, 0.05) is 33.6 Å². The highest BCUT2D eigenvalue weighted by Gasteiger charge is 2.44. The Kier molecular flexibility index (Phi) is 5.46. The fraction of sp³-hybridized carbons (Fsp3) is 0.667. The van der Waals surface area contributed by atoms with E-state index in [1.807, 2.05) is 23.3 Å². The molecule has 2 aliphatic rings. The van der Waals surface area contributed by atoms with Gasteiger partial charge < -0.3 is 19.3 Å². The van der Waals surface area contributed by atoms with Crippen molar-refractivity contribution in [2.24, 2.45) is 0 Å². The quantitative estimate of drug-likeness (QED) is 0.817. The number of hydrogen-bond acceptors (Lipinski definition) is 5. The highest BCUT2D eigenvalue weighted by atomic mass is 32.1. The Bertz CT molecular complexity index is 635. The van der Waals surface area contributed by atoms with Crippen molar-refractivity contribution >= 4 is 23.2 Å². The van der Waals surface area contributed by atoms with Gasteiger partial charge >= 0.3 is 0 Å². The van der Waals surface area contributed by atoms with Gasteiger partial charge in [-0.1, -0.05) is 0 Å². The van der Waals surface area contributed by atoms with E-state index in [4.69, 9.17) is 9.47 Å². The third-order valence-corrected chi connectivity index (χ3v) is 6.06. The number of carbonyl (C=O) groups is 2. The van der Waals surface area contributed by atoms with Crippen LogP contribution in [0.4, 0.5) is 0 Å². The van der Waals surface area contributed by atoms with Crippen LogP contribution in [0.5, 0.6) is 0 Å². The van der Waals surface area contributed by atoms with Crippen molar-refractivity contribution in [2.75, 3.05) is 40.4 Å². The number of rotatable bonds is 4. The zero-order valence-corrected chi connectivity index (χ0v) is 15.9. The van der Waals surface area contributed by atoms with E-state index in [9.17, 15) is 9.59 Å². The fourth-order valence-electron chi connectivity index (χ4n) is 3.39. The number of nitrogens with zero attached hydrogens (tertiary/aromatic N) is 2. The van der Waals surface area contributed by atoms with Gasteiger partial charge in [-0.2, -0.15) is 0 Å². The average Bonchev–Trinajstić information content (AvgIpc) is 3.19. The summed E-state index contributed by atoms with van der Waals surface area (Å²) in [5, 5.41) is 2.01. The van der Waals surface area contributed by atoms with Gasteiger partial charge in [-0.25, -0.2) is 0 Å². The average molecular weight is 366 g/mol. The highest BCUT2D eigenvalue weighted by Crippen LogP contribution is 2.37. The third-order valence-electron chi connectivity index (χ3n) is 5.02. The minimum Gasteiger partial charge on any atom is -0.372 e. The molecule has 1 unspecified atom stereocenters. The Morgan fingerprint density at radius 2 is 2.12 bits per heavy atom. The van der Waals surface area contributed by atoms with Crippen molar-refractivity contribution in [1.29, 1.82) is 0 Å². The van der Waals surface area contributed by atoms with E-state index < -0.39 is 0 Å². The number of ether oxygens (including phenoxy) is 2. The van der Waals surface area contributed by atoms with Gasteiger partial charge in [0.1, 0.15) is 6.61 Å². The van der Waals surface area contributed by atoms with Crippen LogP contribution in [-0.2, 0) is 14.3 Å². The summed E-state index contributed by atoms with van der Waals surface area (Å²) in [7, 11) is 3.44. The Balaban J connectivity index is 1.49. The van der Waals surface area contributed by atoms with Gasteiger partial charge in [0.15, 0.2) is 0 Å². The van der Waals surface area contributed by atoms with Crippen molar-refractivity contribution in [2.45, 2.75) is 37.9 Å². The van der Waals surface area contributed by atoms with Crippen molar-refractivity contribution in [1.82, 2.24) is 9.80 Å². The molecule has 3 rings (SSSR count). The van der Waals surface area contributed by atoms with Gasteiger partial charge in [0.2, 0.25) is 5.91 Å². The molecule has 0 radical (unpaired) electrons. The molecule has 0 saturated carbocycles. The van der Waals surface area contributed by atoms with Crippen LogP contribution in [0.3, 0.4) is 0 Å². The van der Waals surface area contributed by atoms with Crippen LogP contribution in [0.2, 0.25) is 0 Å². The van der Waals surface area contributed by atoms with E-state index >= 15 is 0 Å². The third kappa shape index (κ3) is 4.22. The van der Waals surface area contributed by atoms with Crippen LogP contribution < -0.4 is 0 Å². The smallest absolute Gasteiger partial charge is 0.263 e. The number of piperidine rings is 1. The number of likely N-dealkylation sites (tertiary alicyclic amines) is 1. The van der Waals surface area contributed by atoms with Gasteiger partial charge in [0.25, 0.3) is 5.91 Å². The van der Waals surface area contributed by atoms with Crippen LogP contribution in [-0.4, -0.2) is 73.7 Å². The first-order chi connectivity index (χ1) is 11.9. The summed E-state index contributed by atoms with van der Waals surface area (Å²) in [5.74, 6) is 0.0860. The molecular formula is C18H26N2O4S. The van der Waals surface area contributed by atoms with Crippen LogP contribution in [0.15, 0.2) is 11.4 Å². The molecule has 2 saturated heterocycles. The predicted octanol–water partition coefficient (Wildman–Crippen LogP) is 1.93. The van der Waals surface area contributed by atoms with Crippen molar-refractivity contribution < 1.29 is 19.1 Å². The number of amides is 2. The first kappa shape index (κ1) is 18.4. The zero-order valence-electron chi connectivity index (χ0n) is 15.1. The lowest BCUT2D eigenvalue weighted by Gasteiger charge is -2.38. The standard InChI is InChI=1S/C18H26N2O4S/c1-13-8-15(25-12-13)17(22)20-6-4-18(5-7-20)9-14(10-24-18)23-11-16(21)19(2)3/h8,12,14H,4-7,9-11H2,1-3H3. The lowest BCUT2D eigenvalue weighted by Crippen LogP contribution is -2.46. The molecule has 1 spiro atoms. The van der Waals surface area contributed by atoms with Crippen LogP contribution in [0, 0.1) is 6.92 Å². The molecule has 2 amide bonds. The van der Waals surface area contributed by atoms with Crippen molar-refractivity contribution in [3.05, 3.63) is 21.9 Å². The summed E-state index contributed by atoms with van der Waals surface area (Å²) in [5.41, 5.74) is 0.932. The number of aryl methyl sites for hydroxylation is 1. The molecule has 1 aromatic heterocycles. The molecule has 1 atom stereocenters. The second-order valence-electron chi connectivity index (χ2n) is 7.20. The predicted molar refractivity (Wildman–Crippen MR) is 95.9 cm³/mol. The van der Waals surface area contributed by atoms with E-state index in [-0.39, 0.29) is 30.1 Å². The minimum absolute atomic E-state index is 0.0346. The molecule has 6 nitrogen and oxygen atoms in total. The molecule has 3 heterocycles. The van der Waals surface area contributed by atoms with E-state index in [0.717, 1.165) is 29.7 Å². The van der Waals surface area contributed by atoms with Crippen LogP contribution >= 0.6 is 11.3 Å². The summed E-state index contributed by atoms with van der Waals surface area (Å²) >= 11 is 1.51. The summed E-state index contributed by atoms with van der Waals surface area (Å²) in [6.45, 7) is 4.04. The number of hydrogen-bond donors (Lipinski definition) is 0. The second kappa shape index (κ2) is 7.43. The molecule has 2 fully saturated rings. The van der Waals surface area contributed by atoms with Gasteiger partial charge in [-0.15, -0.1) is 11.3 Å². The fourth-order valence-corrected chi connectivity index (χ4v) is 4.26. The molecule has 25 heavy (non-hydrogen) atoms. The molecular weight excluding hydrogens is 340 g/mol. The van der Waals surface area contributed by atoms with E-state index in [2.05, 4.69) is 0 Å². The zero-order chi connectivity index (χ0) is 18.0. The Hall–Kier alpha value is -1.44. The van der Waals surface area contributed by atoms with Gasteiger partial charge in [-0.3, -0.25) is 9.59 Å². The highest BCUT2D eigenvalue weighted by molar-refractivity contribution is 7.12. The Labute approximate surface area is 152 Å². The summed E-state index contributed by atoms with van der Waals surface area (Å²) in [6, 6.07) is 1.95. The van der Waals surface area contributed by atoms with Crippen molar-refractivity contribution in [3.8, 4) is 0 Å². The molecule has 0 aromatic carbocycles. The monoisotopic (exact) mass is 366 g/mol. The number of likely N-dealkylation sites (N-methyl/N-ethyl adjacent to an activating group) is 1. The maximum Gasteiger partial charge on any atom is 0.263 e. The number of carbonyl (C=O) groups excluding carboxylic acids is 2.